The Balaban J connectivity index is 2.31. The molecular weight excluding hydrogens is 234 g/mol. The zero-order valence-electron chi connectivity index (χ0n) is 11.1. The Kier molecular flexibility index (Phi) is 6.07. The second-order valence-corrected chi connectivity index (χ2v) is 4.61. The molecule has 0 aromatic rings. The number of methoxy groups -OCH3 is 1. The summed E-state index contributed by atoms with van der Waals surface area (Å²) < 4.78 is 4.82. The smallest absolute Gasteiger partial charge is 0.248 e. The lowest BCUT2D eigenvalue weighted by Crippen LogP contribution is -2.50. The summed E-state index contributed by atoms with van der Waals surface area (Å²) in [5.41, 5.74) is 5.66. The van der Waals surface area contributed by atoms with E-state index in [1.165, 1.54) is 7.11 Å². The van der Waals surface area contributed by atoms with E-state index in [0.717, 1.165) is 12.8 Å². The van der Waals surface area contributed by atoms with Gasteiger partial charge in [-0.1, -0.05) is 6.92 Å². The minimum absolute atomic E-state index is 0.00698. The zero-order valence-corrected chi connectivity index (χ0v) is 11.1. The molecule has 1 saturated heterocycles. The van der Waals surface area contributed by atoms with Crippen molar-refractivity contribution in [2.75, 3.05) is 26.8 Å². The number of likely N-dealkylation sites (tertiary alicyclic amines) is 1. The summed E-state index contributed by atoms with van der Waals surface area (Å²) in [6.45, 7) is 3.33. The van der Waals surface area contributed by atoms with Gasteiger partial charge in [-0.05, 0) is 19.3 Å². The highest BCUT2D eigenvalue weighted by Crippen LogP contribution is 2.10. The highest BCUT2D eigenvalue weighted by atomic mass is 16.5. The molecule has 6 heteroatoms. The molecule has 104 valence electrons. The van der Waals surface area contributed by atoms with Gasteiger partial charge in [-0.2, -0.15) is 0 Å². The monoisotopic (exact) mass is 257 g/mol. The number of piperidine rings is 1. The summed E-state index contributed by atoms with van der Waals surface area (Å²) in [7, 11) is 1.51. The van der Waals surface area contributed by atoms with Crippen LogP contribution in [0.25, 0.3) is 0 Å². The van der Waals surface area contributed by atoms with Crippen molar-refractivity contribution in [3.05, 3.63) is 0 Å². The minimum atomic E-state index is -0.432. The minimum Gasteiger partial charge on any atom is -0.375 e. The molecular formula is C12H23N3O3. The van der Waals surface area contributed by atoms with Crippen molar-refractivity contribution in [3.8, 4) is 0 Å². The number of hydrogen-bond acceptors (Lipinski definition) is 4. The van der Waals surface area contributed by atoms with E-state index >= 15 is 0 Å². The second kappa shape index (κ2) is 7.33. The Morgan fingerprint density at radius 3 is 2.56 bits per heavy atom. The molecule has 0 aromatic heterocycles. The molecule has 0 aromatic carbocycles. The van der Waals surface area contributed by atoms with Crippen LogP contribution in [0.5, 0.6) is 0 Å². The van der Waals surface area contributed by atoms with Gasteiger partial charge in [0, 0.05) is 26.2 Å². The van der Waals surface area contributed by atoms with E-state index in [-0.39, 0.29) is 24.5 Å². The first-order valence-corrected chi connectivity index (χ1v) is 6.41. The number of amides is 2. The number of rotatable bonds is 5. The summed E-state index contributed by atoms with van der Waals surface area (Å²) in [5, 5.41) is 2.93. The van der Waals surface area contributed by atoms with Gasteiger partial charge in [-0.25, -0.2) is 0 Å². The molecule has 1 fully saturated rings. The summed E-state index contributed by atoms with van der Waals surface area (Å²) in [4.78, 5) is 25.0. The van der Waals surface area contributed by atoms with Crippen LogP contribution in [0.3, 0.4) is 0 Å². The summed E-state index contributed by atoms with van der Waals surface area (Å²) in [6, 6.07) is -0.306. The van der Waals surface area contributed by atoms with Crippen LogP contribution in [-0.4, -0.2) is 55.6 Å². The molecule has 1 aliphatic rings. The van der Waals surface area contributed by atoms with Crippen LogP contribution in [0, 0.1) is 0 Å². The van der Waals surface area contributed by atoms with Gasteiger partial charge < -0.3 is 20.7 Å². The molecule has 0 saturated carbocycles. The van der Waals surface area contributed by atoms with Crippen molar-refractivity contribution in [2.24, 2.45) is 5.73 Å². The van der Waals surface area contributed by atoms with Crippen LogP contribution in [0.1, 0.15) is 26.2 Å². The third-order valence-electron chi connectivity index (χ3n) is 3.24. The number of nitrogens with zero attached hydrogens (tertiary/aromatic N) is 1. The van der Waals surface area contributed by atoms with Gasteiger partial charge in [-0.15, -0.1) is 0 Å². The Labute approximate surface area is 108 Å². The summed E-state index contributed by atoms with van der Waals surface area (Å²) in [6.07, 6.45) is 2.19. The first kappa shape index (κ1) is 14.9. The molecule has 1 rings (SSSR count). The number of nitrogens with two attached hydrogens (primary N) is 1. The van der Waals surface area contributed by atoms with Gasteiger partial charge in [0.2, 0.25) is 11.8 Å². The Morgan fingerprint density at radius 1 is 1.44 bits per heavy atom. The fourth-order valence-corrected chi connectivity index (χ4v) is 1.98. The van der Waals surface area contributed by atoms with Gasteiger partial charge >= 0.3 is 0 Å². The van der Waals surface area contributed by atoms with Gasteiger partial charge in [0.25, 0.3) is 0 Å². The molecule has 0 bridgehead atoms. The van der Waals surface area contributed by atoms with Crippen LogP contribution in [-0.2, 0) is 14.3 Å². The van der Waals surface area contributed by atoms with Crippen LogP contribution in [0.4, 0.5) is 0 Å². The Morgan fingerprint density at radius 2 is 2.06 bits per heavy atom. The topological polar surface area (TPSA) is 84.7 Å². The maximum absolute atomic E-state index is 11.6. The Bertz CT molecular complexity index is 288. The molecule has 1 heterocycles. The fraction of sp³-hybridized carbons (Fsp3) is 0.833. The van der Waals surface area contributed by atoms with E-state index in [1.807, 2.05) is 6.92 Å². The molecule has 0 unspecified atom stereocenters. The highest BCUT2D eigenvalue weighted by molar-refractivity contribution is 5.81. The first-order valence-electron chi connectivity index (χ1n) is 6.41. The van der Waals surface area contributed by atoms with Crippen molar-refractivity contribution in [2.45, 2.75) is 38.3 Å². The molecule has 1 aliphatic heterocycles. The fourth-order valence-electron chi connectivity index (χ4n) is 1.98. The van der Waals surface area contributed by atoms with Gasteiger partial charge in [-0.3, -0.25) is 9.59 Å². The molecule has 0 spiro atoms. The van der Waals surface area contributed by atoms with Crippen LogP contribution in [0.15, 0.2) is 0 Å². The van der Waals surface area contributed by atoms with E-state index in [1.54, 1.807) is 4.90 Å². The highest BCUT2D eigenvalue weighted by Gasteiger charge is 2.24. The van der Waals surface area contributed by atoms with Gasteiger partial charge in [0.05, 0.1) is 6.04 Å². The van der Waals surface area contributed by atoms with Crippen LogP contribution < -0.4 is 11.1 Å². The van der Waals surface area contributed by atoms with E-state index in [4.69, 9.17) is 10.5 Å². The lowest BCUT2D eigenvalue weighted by atomic mass is 10.0. The molecule has 18 heavy (non-hydrogen) atoms. The third-order valence-corrected chi connectivity index (χ3v) is 3.24. The van der Waals surface area contributed by atoms with E-state index in [2.05, 4.69) is 5.32 Å². The predicted octanol–water partition coefficient (Wildman–Crippen LogP) is -0.523. The van der Waals surface area contributed by atoms with Crippen molar-refractivity contribution in [1.82, 2.24) is 10.2 Å². The van der Waals surface area contributed by atoms with Gasteiger partial charge in [0.1, 0.15) is 6.61 Å². The predicted molar refractivity (Wildman–Crippen MR) is 67.9 cm³/mol. The first-order chi connectivity index (χ1) is 8.58. The van der Waals surface area contributed by atoms with Crippen LogP contribution >= 0.6 is 0 Å². The number of nitrogens with one attached hydrogen (secondary N) is 1. The third kappa shape index (κ3) is 4.27. The maximum Gasteiger partial charge on any atom is 0.248 e. The molecule has 0 radical (unpaired) electrons. The van der Waals surface area contributed by atoms with Gasteiger partial charge in [0.15, 0.2) is 0 Å². The van der Waals surface area contributed by atoms with Crippen molar-refractivity contribution in [1.29, 1.82) is 0 Å². The lowest BCUT2D eigenvalue weighted by molar-refractivity contribution is -0.136. The van der Waals surface area contributed by atoms with Crippen molar-refractivity contribution < 1.29 is 14.3 Å². The standard InChI is InChI=1S/C12H23N3O3/c1-3-10(13)12(17)14-9-4-6-15(7-5-9)11(16)8-18-2/h9-10H,3-8,13H2,1-2H3,(H,14,17)/t10-/m0/s1. The number of carbonyl (C=O) groups excluding carboxylic acids is 2. The molecule has 6 nitrogen and oxygen atoms in total. The quantitative estimate of drug-likeness (QED) is 0.694. The number of ether oxygens (including phenoxy) is 1. The summed E-state index contributed by atoms with van der Waals surface area (Å²) in [5.74, 6) is -0.0910. The number of carbonyl (C=O) groups is 2. The Hall–Kier alpha value is -1.14. The normalized spacial score (nSPS) is 18.5. The summed E-state index contributed by atoms with van der Waals surface area (Å²) >= 11 is 0. The lowest BCUT2D eigenvalue weighted by Gasteiger charge is -2.32. The van der Waals surface area contributed by atoms with E-state index < -0.39 is 6.04 Å². The average molecular weight is 257 g/mol. The molecule has 1 atom stereocenters. The largest absolute Gasteiger partial charge is 0.375 e. The molecule has 3 N–H and O–H groups in total. The molecule has 0 aliphatic carbocycles. The average Bonchev–Trinajstić information content (AvgIpc) is 2.38. The van der Waals surface area contributed by atoms with Crippen LogP contribution in [0.2, 0.25) is 0 Å². The number of hydrogen-bond donors (Lipinski definition) is 2. The molecule has 2 amide bonds. The second-order valence-electron chi connectivity index (χ2n) is 4.61. The maximum atomic E-state index is 11.6. The zero-order chi connectivity index (χ0) is 13.5. The van der Waals surface area contributed by atoms with Crippen molar-refractivity contribution in [3.63, 3.8) is 0 Å². The van der Waals surface area contributed by atoms with E-state index in [0.29, 0.717) is 19.5 Å². The van der Waals surface area contributed by atoms with Crippen molar-refractivity contribution >= 4 is 11.8 Å². The van der Waals surface area contributed by atoms with E-state index in [9.17, 15) is 9.59 Å². The SMILES string of the molecule is CC[C@H](N)C(=O)NC1CCN(C(=O)COC)CC1.